The Hall–Kier alpha value is -4.04. The average molecular weight is 514 g/mol. The minimum absolute atomic E-state index is 0.0150. The highest BCUT2D eigenvalue weighted by atomic mass is 32.1. The molecule has 3 N–H and O–H groups in total. The lowest BCUT2D eigenvalue weighted by atomic mass is 10.2. The Kier molecular flexibility index (Phi) is 9.30. The molecule has 0 aliphatic carbocycles. The number of nitriles is 2. The fourth-order valence-electron chi connectivity index (χ4n) is 3.41. The third kappa shape index (κ3) is 6.55. The summed E-state index contributed by atoms with van der Waals surface area (Å²) >= 11 is 0.931. The Labute approximate surface area is 209 Å². The zero-order valence-electron chi connectivity index (χ0n) is 19.5. The van der Waals surface area contributed by atoms with E-state index >= 15 is 0 Å². The van der Waals surface area contributed by atoms with Crippen molar-refractivity contribution in [1.82, 2.24) is 14.8 Å². The third-order valence-electron chi connectivity index (χ3n) is 5.19. The van der Waals surface area contributed by atoms with Gasteiger partial charge in [0, 0.05) is 31.5 Å². The van der Waals surface area contributed by atoms with Crippen LogP contribution < -0.4 is 30.7 Å². The van der Waals surface area contributed by atoms with Crippen molar-refractivity contribution in [2.75, 3.05) is 50.0 Å². The maximum atomic E-state index is 14.3. The summed E-state index contributed by atoms with van der Waals surface area (Å²) in [5.41, 5.74) is -0.307. The molecule has 1 fully saturated rings. The first-order valence-electron chi connectivity index (χ1n) is 11.0. The second kappa shape index (κ2) is 12.6. The Morgan fingerprint density at radius 1 is 1.28 bits per heavy atom. The minimum Gasteiger partial charge on any atom is -0.379 e. The van der Waals surface area contributed by atoms with Gasteiger partial charge in [0.25, 0.3) is 11.5 Å². The molecular formula is C23H24FN7O4S. The maximum Gasteiger partial charge on any atom is 0.270 e. The molecule has 0 radical (unpaired) electrons. The number of thiazole rings is 1. The number of carbonyl (C=O) groups is 2. The van der Waals surface area contributed by atoms with Gasteiger partial charge in [-0.3, -0.25) is 23.9 Å². The molecule has 0 unspecified atom stereocenters. The topological polar surface area (TPSA) is 152 Å². The highest BCUT2D eigenvalue weighted by Crippen LogP contribution is 2.19. The summed E-state index contributed by atoms with van der Waals surface area (Å²) in [5, 5.41) is 25.9. The van der Waals surface area contributed by atoms with Crippen LogP contribution in [0.1, 0.15) is 6.92 Å². The molecule has 0 saturated carbocycles. The summed E-state index contributed by atoms with van der Waals surface area (Å²) in [6.45, 7) is 4.07. The first-order chi connectivity index (χ1) is 17.4. The van der Waals surface area contributed by atoms with Crippen molar-refractivity contribution in [1.29, 1.82) is 10.5 Å². The van der Waals surface area contributed by atoms with Crippen molar-refractivity contribution in [3.05, 3.63) is 43.6 Å². The van der Waals surface area contributed by atoms with Crippen LogP contribution in [0.5, 0.6) is 0 Å². The van der Waals surface area contributed by atoms with E-state index in [2.05, 4.69) is 16.0 Å². The van der Waals surface area contributed by atoms with Crippen LogP contribution in [0.2, 0.25) is 0 Å². The van der Waals surface area contributed by atoms with Gasteiger partial charge in [0.2, 0.25) is 5.91 Å². The van der Waals surface area contributed by atoms with Gasteiger partial charge in [0.05, 0.1) is 31.5 Å². The van der Waals surface area contributed by atoms with Crippen LogP contribution in [0.4, 0.5) is 15.8 Å². The number of aromatic nitrogens is 1. The van der Waals surface area contributed by atoms with E-state index in [9.17, 15) is 24.0 Å². The number of hydrogen-bond donors (Lipinski definition) is 3. The first kappa shape index (κ1) is 26.6. The summed E-state index contributed by atoms with van der Waals surface area (Å²) in [6.07, 6.45) is 1.39. The van der Waals surface area contributed by atoms with E-state index in [-0.39, 0.29) is 46.0 Å². The molecule has 0 atom stereocenters. The van der Waals surface area contributed by atoms with E-state index in [0.29, 0.717) is 32.0 Å². The van der Waals surface area contributed by atoms with Gasteiger partial charge in [-0.1, -0.05) is 0 Å². The second-order valence-electron chi connectivity index (χ2n) is 7.57. The molecule has 2 aromatic rings. The van der Waals surface area contributed by atoms with E-state index in [4.69, 9.17) is 10.00 Å². The summed E-state index contributed by atoms with van der Waals surface area (Å²) in [7, 11) is 0. The van der Waals surface area contributed by atoms with Gasteiger partial charge < -0.3 is 20.7 Å². The molecule has 1 aromatic heterocycles. The Balaban J connectivity index is 1.84. The van der Waals surface area contributed by atoms with Gasteiger partial charge in [-0.2, -0.15) is 10.5 Å². The van der Waals surface area contributed by atoms with Crippen LogP contribution in [-0.2, 0) is 20.9 Å². The molecule has 0 spiro atoms. The molecule has 1 aromatic carbocycles. The van der Waals surface area contributed by atoms with Gasteiger partial charge in [-0.05, 0) is 25.1 Å². The number of nitrogens with zero attached hydrogens (tertiary/aromatic N) is 4. The van der Waals surface area contributed by atoms with E-state index in [1.165, 1.54) is 29.0 Å². The highest BCUT2D eigenvalue weighted by Gasteiger charge is 2.16. The lowest BCUT2D eigenvalue weighted by Gasteiger charge is -2.25. The van der Waals surface area contributed by atoms with Crippen molar-refractivity contribution in [3.63, 3.8) is 0 Å². The SMILES string of the molecule is CCn1c(=C(C#N)C(=O)NCC#N)sc(=CNc2ccc(F)c(NC(=O)CN3CCOCC3)c2)c1=O. The van der Waals surface area contributed by atoms with Gasteiger partial charge in [0.15, 0.2) is 5.57 Å². The van der Waals surface area contributed by atoms with Gasteiger partial charge in [0.1, 0.15) is 27.6 Å². The van der Waals surface area contributed by atoms with Crippen LogP contribution >= 0.6 is 11.3 Å². The smallest absolute Gasteiger partial charge is 0.270 e. The van der Waals surface area contributed by atoms with E-state index in [1.807, 2.05) is 4.90 Å². The first-order valence-corrected chi connectivity index (χ1v) is 11.8. The number of anilines is 2. The molecule has 188 valence electrons. The zero-order chi connectivity index (χ0) is 26.1. The fourth-order valence-corrected chi connectivity index (χ4v) is 4.49. The number of hydrogen-bond acceptors (Lipinski definition) is 9. The number of nitrogens with one attached hydrogen (secondary N) is 3. The van der Waals surface area contributed by atoms with E-state index in [1.54, 1.807) is 19.1 Å². The van der Waals surface area contributed by atoms with Crippen molar-refractivity contribution < 1.29 is 18.7 Å². The van der Waals surface area contributed by atoms with Gasteiger partial charge in [-0.15, -0.1) is 11.3 Å². The van der Waals surface area contributed by atoms with Crippen LogP contribution in [0.15, 0.2) is 23.0 Å². The molecule has 1 aliphatic heterocycles. The van der Waals surface area contributed by atoms with Crippen molar-refractivity contribution >= 4 is 46.3 Å². The normalized spacial score (nSPS) is 14.9. The van der Waals surface area contributed by atoms with Crippen LogP contribution in [0.3, 0.4) is 0 Å². The Morgan fingerprint density at radius 3 is 2.69 bits per heavy atom. The summed E-state index contributed by atoms with van der Waals surface area (Å²) in [6, 6.07) is 7.58. The predicted octanol–water partition coefficient (Wildman–Crippen LogP) is -0.496. The van der Waals surface area contributed by atoms with Crippen molar-refractivity contribution in [3.8, 4) is 12.1 Å². The standard InChI is InChI=1S/C23H24FN7O4S/c1-2-31-22(34)19(36-23(31)16(12-26)21(33)27-6-5-25)13-28-15-3-4-17(24)18(11-15)29-20(32)14-30-7-9-35-10-8-30/h3-4,11,13,28H,2,6-10,14H2,1H3,(H,27,33)(H,29,32). The molecule has 36 heavy (non-hydrogen) atoms. The average Bonchev–Trinajstić information content (AvgIpc) is 3.18. The summed E-state index contributed by atoms with van der Waals surface area (Å²) < 4.78 is 21.2. The van der Waals surface area contributed by atoms with E-state index in [0.717, 1.165) is 11.3 Å². The number of halogens is 1. The lowest BCUT2D eigenvalue weighted by Crippen LogP contribution is -2.41. The Bertz CT molecular complexity index is 1400. The number of rotatable bonds is 8. The van der Waals surface area contributed by atoms with Crippen LogP contribution in [0.25, 0.3) is 11.8 Å². The van der Waals surface area contributed by atoms with Gasteiger partial charge >= 0.3 is 0 Å². The summed E-state index contributed by atoms with van der Waals surface area (Å²) in [4.78, 5) is 39.3. The monoisotopic (exact) mass is 513 g/mol. The summed E-state index contributed by atoms with van der Waals surface area (Å²) in [5.74, 6) is -1.72. The highest BCUT2D eigenvalue weighted by molar-refractivity contribution is 7.07. The van der Waals surface area contributed by atoms with Crippen molar-refractivity contribution in [2.24, 2.45) is 0 Å². The Morgan fingerprint density at radius 2 is 2.03 bits per heavy atom. The maximum absolute atomic E-state index is 14.3. The number of carbonyl (C=O) groups excluding carboxylic acids is 2. The molecule has 0 bridgehead atoms. The lowest BCUT2D eigenvalue weighted by molar-refractivity contribution is -0.118. The predicted molar refractivity (Wildman–Crippen MR) is 132 cm³/mol. The van der Waals surface area contributed by atoms with Gasteiger partial charge in [-0.25, -0.2) is 4.39 Å². The molecule has 3 rings (SSSR count). The molecular weight excluding hydrogens is 489 g/mol. The minimum atomic E-state index is -0.752. The quantitative estimate of drug-likeness (QED) is 0.400. The molecule has 2 amide bonds. The largest absolute Gasteiger partial charge is 0.379 e. The van der Waals surface area contributed by atoms with Crippen molar-refractivity contribution in [2.45, 2.75) is 13.5 Å². The number of morpholine rings is 1. The van der Waals surface area contributed by atoms with E-state index < -0.39 is 17.3 Å². The zero-order valence-corrected chi connectivity index (χ0v) is 20.3. The van der Waals surface area contributed by atoms with Crippen LogP contribution in [0, 0.1) is 28.5 Å². The number of ether oxygens (including phenoxy) is 1. The van der Waals surface area contributed by atoms with Crippen LogP contribution in [-0.4, -0.2) is 60.7 Å². The fraction of sp³-hybridized carbons (Fsp3) is 0.348. The number of benzene rings is 1. The molecule has 2 heterocycles. The second-order valence-corrected chi connectivity index (χ2v) is 8.60. The molecule has 13 heteroatoms. The molecule has 1 aliphatic rings. The third-order valence-corrected chi connectivity index (χ3v) is 6.32. The molecule has 1 saturated heterocycles. The molecule has 11 nitrogen and oxygen atoms in total. The number of amides is 2.